The number of carbonyl (C=O) groups excluding carboxylic acids is 4. The van der Waals surface area contributed by atoms with Gasteiger partial charge in [0.15, 0.2) is 0 Å². The molecule has 2 aromatic carbocycles. The van der Waals surface area contributed by atoms with Crippen LogP contribution in [0.3, 0.4) is 0 Å². The number of aromatic nitrogens is 2. The van der Waals surface area contributed by atoms with E-state index < -0.39 is 41.3 Å². The Hall–Kier alpha value is -5.97. The number of nitrogens with one attached hydrogen (secondary N) is 3. The van der Waals surface area contributed by atoms with Gasteiger partial charge in [0.25, 0.3) is 11.8 Å². The number of hydrogen-bond donors (Lipinski definition) is 4. The predicted molar refractivity (Wildman–Crippen MR) is 201 cm³/mol. The zero-order chi connectivity index (χ0) is 39.6. The molecule has 0 bridgehead atoms. The lowest BCUT2D eigenvalue weighted by Crippen LogP contribution is -2.49. The number of alkyl halides is 3. The van der Waals surface area contributed by atoms with Gasteiger partial charge in [-0.25, -0.2) is 9.37 Å². The number of amides is 4. The van der Waals surface area contributed by atoms with Crippen molar-refractivity contribution in [3.05, 3.63) is 95.8 Å². The van der Waals surface area contributed by atoms with Crippen LogP contribution in [0.25, 0.3) is 5.69 Å². The fourth-order valence-corrected chi connectivity index (χ4v) is 7.44. The van der Waals surface area contributed by atoms with Gasteiger partial charge in [0.2, 0.25) is 11.8 Å². The first-order valence-corrected chi connectivity index (χ1v) is 18.4. The number of piperidine rings is 2. The molecule has 4 aromatic rings. The van der Waals surface area contributed by atoms with Crippen LogP contribution in [0.2, 0.25) is 0 Å². The van der Waals surface area contributed by atoms with E-state index in [9.17, 15) is 32.3 Å². The van der Waals surface area contributed by atoms with Crippen molar-refractivity contribution in [1.82, 2.24) is 19.8 Å². The van der Waals surface area contributed by atoms with Crippen LogP contribution in [0, 0.1) is 11.7 Å². The summed E-state index contributed by atoms with van der Waals surface area (Å²) in [6.07, 6.45) is 0.705. The van der Waals surface area contributed by atoms with Gasteiger partial charge >= 0.3 is 6.18 Å². The minimum atomic E-state index is -4.72. The van der Waals surface area contributed by atoms with Gasteiger partial charge in [-0.3, -0.25) is 29.4 Å². The van der Waals surface area contributed by atoms with Crippen LogP contribution in [0.5, 0.6) is 0 Å². The van der Waals surface area contributed by atoms with Crippen molar-refractivity contribution in [2.24, 2.45) is 11.7 Å². The number of halogens is 4. The summed E-state index contributed by atoms with van der Waals surface area (Å²) in [5.74, 6) is -2.29. The van der Waals surface area contributed by atoms with Crippen molar-refractivity contribution in [3.8, 4) is 5.69 Å². The highest BCUT2D eigenvalue weighted by molar-refractivity contribution is 6.08. The molecule has 5 heterocycles. The molecule has 294 valence electrons. The van der Waals surface area contributed by atoms with Crippen LogP contribution < -0.4 is 31.5 Å². The van der Waals surface area contributed by atoms with Gasteiger partial charge in [-0.2, -0.15) is 13.2 Å². The molecule has 0 spiro atoms. The molecular formula is C39H41F4N9O4. The van der Waals surface area contributed by atoms with Crippen LogP contribution in [0.4, 0.5) is 40.3 Å². The summed E-state index contributed by atoms with van der Waals surface area (Å²) in [5, 5.41) is 7.80. The summed E-state index contributed by atoms with van der Waals surface area (Å²) in [5.41, 5.74) is 6.65. The fourth-order valence-electron chi connectivity index (χ4n) is 7.44. The van der Waals surface area contributed by atoms with Crippen molar-refractivity contribution in [1.29, 1.82) is 0 Å². The van der Waals surface area contributed by atoms with Gasteiger partial charge in [-0.05, 0) is 79.8 Å². The van der Waals surface area contributed by atoms with Crippen molar-refractivity contribution in [2.75, 3.05) is 66.2 Å². The minimum absolute atomic E-state index is 0.0152. The summed E-state index contributed by atoms with van der Waals surface area (Å²) >= 11 is 0. The van der Waals surface area contributed by atoms with Gasteiger partial charge in [0.05, 0.1) is 16.9 Å². The van der Waals surface area contributed by atoms with Crippen LogP contribution in [-0.2, 0) is 15.8 Å². The molecule has 3 saturated heterocycles. The molecule has 0 radical (unpaired) electrons. The van der Waals surface area contributed by atoms with E-state index in [1.807, 2.05) is 24.3 Å². The van der Waals surface area contributed by atoms with Gasteiger partial charge < -0.3 is 30.7 Å². The van der Waals surface area contributed by atoms with E-state index in [2.05, 4.69) is 35.6 Å². The van der Waals surface area contributed by atoms with Crippen LogP contribution >= 0.6 is 0 Å². The molecule has 13 nitrogen and oxygen atoms in total. The third-order valence-electron chi connectivity index (χ3n) is 10.5. The number of carbonyl (C=O) groups is 4. The number of hydrogen-bond acceptors (Lipinski definition) is 9. The molecule has 5 N–H and O–H groups in total. The Morgan fingerprint density at radius 2 is 1.59 bits per heavy atom. The number of pyridine rings is 1. The molecule has 3 fully saturated rings. The Morgan fingerprint density at radius 1 is 0.875 bits per heavy atom. The smallest absolute Gasteiger partial charge is 0.374 e. The summed E-state index contributed by atoms with van der Waals surface area (Å²) in [7, 11) is 0. The lowest BCUT2D eigenvalue weighted by atomic mass is 9.95. The summed E-state index contributed by atoms with van der Waals surface area (Å²) in [6.45, 7) is 5.91. The highest BCUT2D eigenvalue weighted by Gasteiger charge is 2.33. The fraction of sp³-hybridized carbons (Fsp3) is 0.359. The van der Waals surface area contributed by atoms with Gasteiger partial charge in [-0.1, -0.05) is 6.07 Å². The van der Waals surface area contributed by atoms with Crippen molar-refractivity contribution in [3.63, 3.8) is 0 Å². The van der Waals surface area contributed by atoms with E-state index in [1.165, 1.54) is 18.5 Å². The average Bonchev–Trinajstić information content (AvgIpc) is 3.61. The van der Waals surface area contributed by atoms with Crippen LogP contribution in [-0.4, -0.2) is 89.9 Å². The first kappa shape index (κ1) is 38.3. The molecule has 4 amide bonds. The normalized spacial score (nSPS) is 18.5. The maximum atomic E-state index is 15.2. The maximum absolute atomic E-state index is 15.2. The molecule has 0 saturated carbocycles. The Morgan fingerprint density at radius 3 is 2.25 bits per heavy atom. The largest absolute Gasteiger partial charge is 0.433 e. The molecule has 2 aromatic heterocycles. The second-order valence-electron chi connectivity index (χ2n) is 14.3. The molecule has 7 rings (SSSR count). The number of piperazine rings is 1. The SMILES string of the molecule is NC(=O)c1cn(-c2ccc(N3CCN(CC4CCN(c5ccc(NC6CCC(=O)NC6=O)cc5F)CC4)CC3)cc2)cc1NC(=O)c1cccc(C(F)(F)F)n1. The molecule has 1 atom stereocenters. The number of primary amides is 1. The van der Waals surface area contributed by atoms with E-state index in [-0.39, 0.29) is 29.4 Å². The second-order valence-corrected chi connectivity index (χ2v) is 14.3. The Kier molecular flexibility index (Phi) is 11.0. The van der Waals surface area contributed by atoms with E-state index in [1.54, 1.807) is 16.7 Å². The van der Waals surface area contributed by atoms with Crippen molar-refractivity contribution in [2.45, 2.75) is 37.9 Å². The molecule has 0 aliphatic carbocycles. The number of rotatable bonds is 10. The van der Waals surface area contributed by atoms with Crippen molar-refractivity contribution < 1.29 is 36.7 Å². The first-order chi connectivity index (χ1) is 26.8. The first-order valence-electron chi connectivity index (χ1n) is 18.4. The standard InChI is InChI=1S/C39H41F4N9O4/c40-29-20-25(45-31-9-11-35(53)48-38(31)56)4-10-33(29)51-14-12-24(13-15-51)21-49-16-18-50(19-17-49)26-5-7-27(8-6-26)52-22-28(36(44)54)32(23-52)47-37(55)30-2-1-3-34(46-30)39(41,42)43/h1-8,10,20,22-24,31,45H,9,11-19,21H2,(H2,44,54)(H,47,55)(H,48,53,56). The van der Waals surface area contributed by atoms with Crippen LogP contribution in [0.15, 0.2) is 73.1 Å². The Labute approximate surface area is 319 Å². The van der Waals surface area contributed by atoms with E-state index in [4.69, 9.17) is 5.73 Å². The summed E-state index contributed by atoms with van der Waals surface area (Å²) in [4.78, 5) is 58.7. The molecule has 3 aliphatic heterocycles. The highest BCUT2D eigenvalue weighted by atomic mass is 19.4. The molecule has 56 heavy (non-hydrogen) atoms. The number of benzene rings is 2. The molecule has 17 heteroatoms. The lowest BCUT2D eigenvalue weighted by molar-refractivity contribution is -0.141. The van der Waals surface area contributed by atoms with Crippen molar-refractivity contribution >= 4 is 46.4 Å². The quantitative estimate of drug-likeness (QED) is 0.133. The van der Waals surface area contributed by atoms with E-state index in [0.717, 1.165) is 82.5 Å². The third-order valence-corrected chi connectivity index (χ3v) is 10.5. The topological polar surface area (TPSA) is 158 Å². The highest BCUT2D eigenvalue weighted by Crippen LogP contribution is 2.31. The number of anilines is 4. The van der Waals surface area contributed by atoms with Gasteiger partial charge in [0.1, 0.15) is 23.2 Å². The van der Waals surface area contributed by atoms with Gasteiger partial charge in [0, 0.05) is 81.7 Å². The lowest BCUT2D eigenvalue weighted by Gasteiger charge is -2.40. The molecule has 1 unspecified atom stereocenters. The summed E-state index contributed by atoms with van der Waals surface area (Å²) < 4.78 is 56.1. The van der Waals surface area contributed by atoms with E-state index in [0.29, 0.717) is 29.4 Å². The third kappa shape index (κ3) is 8.77. The minimum Gasteiger partial charge on any atom is -0.374 e. The van der Waals surface area contributed by atoms with Gasteiger partial charge in [-0.15, -0.1) is 0 Å². The second kappa shape index (κ2) is 16.0. The maximum Gasteiger partial charge on any atom is 0.433 e. The zero-order valence-electron chi connectivity index (χ0n) is 30.3. The predicted octanol–water partition coefficient (Wildman–Crippen LogP) is 4.64. The number of nitrogens with two attached hydrogens (primary N) is 1. The molecule has 3 aliphatic rings. The molecular weight excluding hydrogens is 734 g/mol. The van der Waals surface area contributed by atoms with E-state index >= 15 is 4.39 Å². The Bertz CT molecular complexity index is 2110. The zero-order valence-corrected chi connectivity index (χ0v) is 30.3. The number of imide groups is 1. The Balaban J connectivity index is 0.885. The van der Waals surface area contributed by atoms with Crippen LogP contribution in [0.1, 0.15) is 52.2 Å². The monoisotopic (exact) mass is 775 g/mol. The average molecular weight is 776 g/mol. The number of nitrogens with zero attached hydrogens (tertiary/aromatic N) is 5. The summed E-state index contributed by atoms with van der Waals surface area (Å²) in [6, 6.07) is 15.0.